The van der Waals surface area contributed by atoms with Crippen LogP contribution in [0, 0.1) is 5.82 Å². The summed E-state index contributed by atoms with van der Waals surface area (Å²) in [6.45, 7) is 0.518. The molecule has 0 aromatic carbocycles. The largest absolute Gasteiger partial charge is 0.346 e. The Labute approximate surface area is 108 Å². The van der Waals surface area contributed by atoms with Crippen LogP contribution in [0.15, 0.2) is 18.5 Å². The van der Waals surface area contributed by atoms with Crippen molar-refractivity contribution in [3.8, 4) is 0 Å². The van der Waals surface area contributed by atoms with Gasteiger partial charge in [-0.15, -0.1) is 0 Å². The van der Waals surface area contributed by atoms with Gasteiger partial charge in [0.25, 0.3) is 5.92 Å². The van der Waals surface area contributed by atoms with Gasteiger partial charge in [-0.25, -0.2) is 18.2 Å². The van der Waals surface area contributed by atoms with Crippen LogP contribution in [-0.2, 0) is 6.42 Å². The number of fused-ring (bicyclic) bond motifs is 1. The molecule has 1 fully saturated rings. The van der Waals surface area contributed by atoms with Crippen molar-refractivity contribution < 1.29 is 13.2 Å². The molecule has 102 valence electrons. The Bertz CT molecular complexity index is 608. The molecule has 2 heterocycles. The third-order valence-electron chi connectivity index (χ3n) is 3.64. The maximum atomic E-state index is 13.1. The Hall–Kier alpha value is -1.56. The number of H-pyrrole nitrogens is 1. The van der Waals surface area contributed by atoms with Crippen LogP contribution in [0.3, 0.4) is 0 Å². The minimum atomic E-state index is -2.54. The molecule has 3 nitrogen and oxygen atoms in total. The second-order valence-corrected chi connectivity index (χ2v) is 5.08. The van der Waals surface area contributed by atoms with Crippen molar-refractivity contribution in [3.63, 3.8) is 0 Å². The number of likely N-dealkylation sites (N-methyl/N-ethyl adjacent to an activating group) is 1. The van der Waals surface area contributed by atoms with E-state index < -0.39 is 17.8 Å². The molecule has 3 rings (SSSR count). The summed E-state index contributed by atoms with van der Waals surface area (Å²) in [5.41, 5.74) is 1.52. The van der Waals surface area contributed by atoms with Crippen LogP contribution in [0.1, 0.15) is 12.0 Å². The summed E-state index contributed by atoms with van der Waals surface area (Å²) < 4.78 is 39.0. The van der Waals surface area contributed by atoms with Gasteiger partial charge in [0, 0.05) is 24.5 Å². The molecule has 0 radical (unpaired) electrons. The monoisotopic (exact) mass is 269 g/mol. The standard InChI is InChI=1S/C13H14F3N3/c1-19(11-5-13(11,15)16)3-2-8-6-17-12-10(8)4-9(14)7-18-12/h4,6-7,11H,2-3,5H2,1H3,(H,17,18). The van der Waals surface area contributed by atoms with E-state index in [1.165, 1.54) is 6.07 Å². The van der Waals surface area contributed by atoms with Gasteiger partial charge in [0.05, 0.1) is 12.2 Å². The van der Waals surface area contributed by atoms with Crippen molar-refractivity contribution in [2.45, 2.75) is 24.8 Å². The van der Waals surface area contributed by atoms with Gasteiger partial charge in [0.15, 0.2) is 0 Å². The predicted octanol–water partition coefficient (Wildman–Crippen LogP) is 2.58. The molecular weight excluding hydrogens is 255 g/mol. The number of hydrogen-bond donors (Lipinski definition) is 1. The first kappa shape index (κ1) is 12.5. The summed E-state index contributed by atoms with van der Waals surface area (Å²) in [7, 11) is 1.69. The van der Waals surface area contributed by atoms with Crippen LogP contribution >= 0.6 is 0 Å². The molecule has 1 atom stereocenters. The molecule has 0 aliphatic heterocycles. The van der Waals surface area contributed by atoms with Gasteiger partial charge in [-0.1, -0.05) is 0 Å². The molecule has 2 aromatic rings. The Morgan fingerprint density at radius 2 is 2.26 bits per heavy atom. The minimum Gasteiger partial charge on any atom is -0.346 e. The van der Waals surface area contributed by atoms with Crippen LogP contribution in [0.25, 0.3) is 11.0 Å². The van der Waals surface area contributed by atoms with Gasteiger partial charge in [-0.05, 0) is 25.1 Å². The summed E-state index contributed by atoms with van der Waals surface area (Å²) in [4.78, 5) is 8.55. The molecule has 19 heavy (non-hydrogen) atoms. The van der Waals surface area contributed by atoms with E-state index in [9.17, 15) is 13.2 Å². The van der Waals surface area contributed by atoms with Crippen LogP contribution in [0.2, 0.25) is 0 Å². The van der Waals surface area contributed by atoms with Crippen molar-refractivity contribution in [1.29, 1.82) is 0 Å². The lowest BCUT2D eigenvalue weighted by molar-refractivity contribution is 0.0802. The summed E-state index contributed by atoms with van der Waals surface area (Å²) in [6.07, 6.45) is 3.44. The number of hydrogen-bond acceptors (Lipinski definition) is 2. The summed E-state index contributed by atoms with van der Waals surface area (Å²) >= 11 is 0. The lowest BCUT2D eigenvalue weighted by atomic mass is 10.1. The van der Waals surface area contributed by atoms with Crippen molar-refractivity contribution in [2.75, 3.05) is 13.6 Å². The second-order valence-electron chi connectivity index (χ2n) is 5.08. The van der Waals surface area contributed by atoms with Crippen molar-refractivity contribution in [3.05, 3.63) is 29.8 Å². The highest BCUT2D eigenvalue weighted by Gasteiger charge is 2.58. The fraction of sp³-hybridized carbons (Fsp3) is 0.462. The second kappa shape index (κ2) is 4.23. The van der Waals surface area contributed by atoms with E-state index in [-0.39, 0.29) is 6.42 Å². The Balaban J connectivity index is 1.70. The SMILES string of the molecule is CN(CCc1c[nH]c2ncc(F)cc12)C1CC1(F)F. The third-order valence-corrected chi connectivity index (χ3v) is 3.64. The Morgan fingerprint density at radius 3 is 2.95 bits per heavy atom. The smallest absolute Gasteiger partial charge is 0.265 e. The zero-order valence-electron chi connectivity index (χ0n) is 10.5. The molecule has 6 heteroatoms. The normalized spacial score (nSPS) is 21.2. The zero-order chi connectivity index (χ0) is 13.6. The lowest BCUT2D eigenvalue weighted by Crippen LogP contribution is -2.27. The van der Waals surface area contributed by atoms with E-state index in [0.29, 0.717) is 18.6 Å². The number of nitrogens with zero attached hydrogens (tertiary/aromatic N) is 2. The lowest BCUT2D eigenvalue weighted by Gasteiger charge is -2.15. The summed E-state index contributed by atoms with van der Waals surface area (Å²) in [6, 6.07) is 0.771. The van der Waals surface area contributed by atoms with Crippen LogP contribution in [0.5, 0.6) is 0 Å². The number of aromatic nitrogens is 2. The molecule has 1 N–H and O–H groups in total. The number of aromatic amines is 1. The maximum absolute atomic E-state index is 13.1. The first-order valence-electron chi connectivity index (χ1n) is 6.17. The fourth-order valence-corrected chi connectivity index (χ4v) is 2.37. The van der Waals surface area contributed by atoms with Crippen molar-refractivity contribution >= 4 is 11.0 Å². The van der Waals surface area contributed by atoms with Gasteiger partial charge in [-0.3, -0.25) is 4.90 Å². The zero-order valence-corrected chi connectivity index (χ0v) is 10.5. The summed E-state index contributed by atoms with van der Waals surface area (Å²) in [5, 5.41) is 0.718. The number of nitrogens with one attached hydrogen (secondary N) is 1. The van der Waals surface area contributed by atoms with Crippen LogP contribution in [0.4, 0.5) is 13.2 Å². The average Bonchev–Trinajstić information content (AvgIpc) is 2.82. The molecule has 1 aliphatic carbocycles. The molecule has 0 amide bonds. The highest BCUT2D eigenvalue weighted by molar-refractivity contribution is 5.79. The predicted molar refractivity (Wildman–Crippen MR) is 65.7 cm³/mol. The first-order valence-corrected chi connectivity index (χ1v) is 6.17. The van der Waals surface area contributed by atoms with Gasteiger partial charge in [0.2, 0.25) is 0 Å². The number of rotatable bonds is 4. The summed E-state index contributed by atoms with van der Waals surface area (Å²) in [5.74, 6) is -2.93. The quantitative estimate of drug-likeness (QED) is 0.925. The molecule has 1 saturated carbocycles. The highest BCUT2D eigenvalue weighted by Crippen LogP contribution is 2.45. The van der Waals surface area contributed by atoms with Gasteiger partial charge in [0.1, 0.15) is 11.5 Å². The Morgan fingerprint density at radius 1 is 1.53 bits per heavy atom. The number of halogens is 3. The van der Waals surface area contributed by atoms with E-state index in [2.05, 4.69) is 9.97 Å². The minimum absolute atomic E-state index is 0.0619. The topological polar surface area (TPSA) is 31.9 Å². The molecule has 2 aromatic heterocycles. The molecule has 1 unspecified atom stereocenters. The van der Waals surface area contributed by atoms with Crippen molar-refractivity contribution in [1.82, 2.24) is 14.9 Å². The molecule has 0 spiro atoms. The van der Waals surface area contributed by atoms with E-state index in [0.717, 1.165) is 17.1 Å². The van der Waals surface area contributed by atoms with Gasteiger partial charge < -0.3 is 4.98 Å². The number of pyridine rings is 1. The van der Waals surface area contributed by atoms with Crippen LogP contribution in [-0.4, -0.2) is 40.4 Å². The molecule has 0 bridgehead atoms. The number of alkyl halides is 2. The maximum Gasteiger partial charge on any atom is 0.265 e. The average molecular weight is 269 g/mol. The van der Waals surface area contributed by atoms with E-state index in [1.807, 2.05) is 0 Å². The van der Waals surface area contributed by atoms with Crippen LogP contribution < -0.4 is 0 Å². The fourth-order valence-electron chi connectivity index (χ4n) is 2.37. The van der Waals surface area contributed by atoms with Crippen molar-refractivity contribution in [2.24, 2.45) is 0 Å². The molecule has 1 aliphatic rings. The molecular formula is C13H14F3N3. The van der Waals surface area contributed by atoms with Gasteiger partial charge in [-0.2, -0.15) is 0 Å². The van der Waals surface area contributed by atoms with E-state index in [4.69, 9.17) is 0 Å². The third kappa shape index (κ3) is 2.32. The Kier molecular flexibility index (Phi) is 2.78. The molecule has 0 saturated heterocycles. The van der Waals surface area contributed by atoms with Gasteiger partial charge >= 0.3 is 0 Å². The highest BCUT2D eigenvalue weighted by atomic mass is 19.3. The van der Waals surface area contributed by atoms with E-state index >= 15 is 0 Å². The van der Waals surface area contributed by atoms with E-state index in [1.54, 1.807) is 18.1 Å². The first-order chi connectivity index (χ1) is 8.97.